The minimum absolute atomic E-state index is 0.0807. The second-order valence-electron chi connectivity index (χ2n) is 7.43. The molecule has 30 heavy (non-hydrogen) atoms. The first-order valence-electron chi connectivity index (χ1n) is 9.99. The molecular formula is C20H25ClN6O3. The summed E-state index contributed by atoms with van der Waals surface area (Å²) in [7, 11) is 0. The zero-order valence-electron chi connectivity index (χ0n) is 16.7. The quantitative estimate of drug-likeness (QED) is 0.781. The molecule has 0 spiro atoms. The van der Waals surface area contributed by atoms with Crippen LogP contribution in [0.15, 0.2) is 30.5 Å². The van der Waals surface area contributed by atoms with Crippen LogP contribution in [0, 0.1) is 0 Å². The first-order valence-corrected chi connectivity index (χ1v) is 10.4. The number of amides is 2. The second kappa shape index (κ2) is 9.03. The van der Waals surface area contributed by atoms with Crippen LogP contribution in [0.5, 0.6) is 0 Å². The summed E-state index contributed by atoms with van der Waals surface area (Å²) in [5, 5.41) is 4.70. The molecule has 0 atom stereocenters. The van der Waals surface area contributed by atoms with Gasteiger partial charge in [0.2, 0.25) is 0 Å². The molecule has 4 rings (SSSR count). The summed E-state index contributed by atoms with van der Waals surface area (Å²) < 4.78 is 6.57. The predicted octanol–water partition coefficient (Wildman–Crippen LogP) is 1.26. The fraction of sp³-hybridized carbons (Fsp3) is 0.450. The van der Waals surface area contributed by atoms with Crippen molar-refractivity contribution < 1.29 is 14.3 Å². The number of carbonyl (C=O) groups is 2. The first kappa shape index (κ1) is 20.6. The van der Waals surface area contributed by atoms with Crippen molar-refractivity contribution in [1.29, 1.82) is 0 Å². The average Bonchev–Trinajstić information content (AvgIpc) is 3.26. The maximum atomic E-state index is 12.6. The van der Waals surface area contributed by atoms with Gasteiger partial charge in [0, 0.05) is 62.7 Å². The highest BCUT2D eigenvalue weighted by molar-refractivity contribution is 6.31. The molecule has 2 saturated heterocycles. The molecule has 0 bridgehead atoms. The Morgan fingerprint density at radius 2 is 1.80 bits per heavy atom. The number of piperazine rings is 1. The lowest BCUT2D eigenvalue weighted by atomic mass is 10.1. The van der Waals surface area contributed by atoms with Crippen LogP contribution in [-0.2, 0) is 11.3 Å². The Morgan fingerprint density at radius 3 is 2.43 bits per heavy atom. The highest BCUT2D eigenvalue weighted by Crippen LogP contribution is 2.26. The van der Waals surface area contributed by atoms with Crippen LogP contribution in [0.3, 0.4) is 0 Å². The van der Waals surface area contributed by atoms with E-state index in [1.165, 1.54) is 12.3 Å². The molecule has 1 aromatic carbocycles. The average molecular weight is 433 g/mol. The van der Waals surface area contributed by atoms with E-state index < -0.39 is 5.91 Å². The maximum absolute atomic E-state index is 12.6. The molecule has 0 unspecified atom stereocenters. The molecular weight excluding hydrogens is 408 g/mol. The number of halogens is 1. The van der Waals surface area contributed by atoms with E-state index in [9.17, 15) is 9.59 Å². The molecule has 1 aromatic heterocycles. The largest absolute Gasteiger partial charge is 0.378 e. The topological polar surface area (TPSA) is 96.9 Å². The number of primary amides is 1. The highest BCUT2D eigenvalue weighted by atomic mass is 35.5. The zero-order valence-corrected chi connectivity index (χ0v) is 17.4. The minimum atomic E-state index is -0.650. The minimum Gasteiger partial charge on any atom is -0.378 e. The Hall–Kier alpha value is -2.62. The molecule has 0 aliphatic carbocycles. The van der Waals surface area contributed by atoms with Gasteiger partial charge in [0.15, 0.2) is 5.69 Å². The summed E-state index contributed by atoms with van der Waals surface area (Å²) in [6, 6.07) is 7.41. The monoisotopic (exact) mass is 432 g/mol. The van der Waals surface area contributed by atoms with Gasteiger partial charge in [-0.05, 0) is 23.8 Å². The summed E-state index contributed by atoms with van der Waals surface area (Å²) in [6.07, 6.45) is 1.46. The summed E-state index contributed by atoms with van der Waals surface area (Å²) >= 11 is 6.56. The van der Waals surface area contributed by atoms with Gasteiger partial charge in [-0.25, -0.2) is 4.79 Å². The predicted molar refractivity (Wildman–Crippen MR) is 113 cm³/mol. The Labute approximate surface area is 179 Å². The van der Waals surface area contributed by atoms with Gasteiger partial charge in [0.25, 0.3) is 5.91 Å². The Balaban J connectivity index is 1.32. The molecule has 2 amide bonds. The highest BCUT2D eigenvalue weighted by Gasteiger charge is 2.24. The number of hydrogen-bond donors (Lipinski definition) is 1. The normalized spacial score (nSPS) is 17.9. The Morgan fingerprint density at radius 1 is 1.07 bits per heavy atom. The lowest BCUT2D eigenvalue weighted by molar-refractivity contribution is 0.0994. The molecule has 10 heteroatoms. The van der Waals surface area contributed by atoms with Crippen molar-refractivity contribution in [3.8, 4) is 0 Å². The van der Waals surface area contributed by atoms with Crippen molar-refractivity contribution in [1.82, 2.24) is 19.6 Å². The molecule has 2 aliphatic heterocycles. The fourth-order valence-electron chi connectivity index (χ4n) is 3.73. The number of carbonyl (C=O) groups excluding carboxylic acids is 2. The number of anilines is 1. The maximum Gasteiger partial charge on any atom is 0.344 e. The van der Waals surface area contributed by atoms with E-state index in [4.69, 9.17) is 22.1 Å². The van der Waals surface area contributed by atoms with Crippen molar-refractivity contribution in [2.45, 2.75) is 6.54 Å². The van der Waals surface area contributed by atoms with Crippen LogP contribution in [-0.4, -0.2) is 84.0 Å². The fourth-order valence-corrected chi connectivity index (χ4v) is 3.96. The van der Waals surface area contributed by atoms with E-state index in [-0.39, 0.29) is 11.7 Å². The molecule has 2 aromatic rings. The zero-order chi connectivity index (χ0) is 21.1. The van der Waals surface area contributed by atoms with E-state index in [1.54, 1.807) is 4.90 Å². The van der Waals surface area contributed by atoms with Gasteiger partial charge in [-0.15, -0.1) is 0 Å². The standard InChI is InChI=1S/C20H25ClN6O3/c21-17-13-16(25-9-11-30-12-10-25)2-1-15(17)14-24-5-7-26(8-6-24)20(29)27-4-3-18(23-27)19(22)28/h1-4,13H,5-12,14H2,(H2,22,28). The number of aromatic nitrogens is 2. The van der Waals surface area contributed by atoms with Gasteiger partial charge in [-0.1, -0.05) is 17.7 Å². The Kier molecular flexibility index (Phi) is 6.21. The number of rotatable bonds is 4. The number of nitrogens with two attached hydrogens (primary N) is 1. The van der Waals surface area contributed by atoms with E-state index >= 15 is 0 Å². The molecule has 2 N–H and O–H groups in total. The van der Waals surface area contributed by atoms with E-state index in [0.717, 1.165) is 66.9 Å². The molecule has 0 radical (unpaired) electrons. The van der Waals surface area contributed by atoms with Crippen molar-refractivity contribution in [3.05, 3.63) is 46.7 Å². The smallest absolute Gasteiger partial charge is 0.344 e. The van der Waals surface area contributed by atoms with Gasteiger partial charge in [-0.3, -0.25) is 9.69 Å². The summed E-state index contributed by atoms with van der Waals surface area (Å²) in [4.78, 5) is 30.0. The third-order valence-electron chi connectivity index (χ3n) is 5.49. The van der Waals surface area contributed by atoms with Crippen LogP contribution < -0.4 is 10.6 Å². The number of benzene rings is 1. The number of ether oxygens (including phenoxy) is 1. The number of morpholine rings is 1. The Bertz CT molecular complexity index is 919. The van der Waals surface area contributed by atoms with Crippen molar-refractivity contribution in [3.63, 3.8) is 0 Å². The van der Waals surface area contributed by atoms with E-state index in [1.807, 2.05) is 6.07 Å². The second-order valence-corrected chi connectivity index (χ2v) is 7.84. The molecule has 9 nitrogen and oxygen atoms in total. The van der Waals surface area contributed by atoms with E-state index in [2.05, 4.69) is 27.0 Å². The van der Waals surface area contributed by atoms with Crippen LogP contribution in [0.25, 0.3) is 0 Å². The molecule has 3 heterocycles. The van der Waals surface area contributed by atoms with Gasteiger partial charge >= 0.3 is 6.03 Å². The first-order chi connectivity index (χ1) is 14.5. The third kappa shape index (κ3) is 4.58. The molecule has 2 fully saturated rings. The molecule has 0 saturated carbocycles. The van der Waals surface area contributed by atoms with Crippen molar-refractivity contribution in [2.24, 2.45) is 5.73 Å². The lowest BCUT2D eigenvalue weighted by Crippen LogP contribution is -2.49. The van der Waals surface area contributed by atoms with Gasteiger partial charge < -0.3 is 20.3 Å². The summed E-state index contributed by atoms with van der Waals surface area (Å²) in [5.74, 6) is -0.650. The van der Waals surface area contributed by atoms with Crippen molar-refractivity contribution >= 4 is 29.2 Å². The van der Waals surface area contributed by atoms with Crippen LogP contribution >= 0.6 is 11.6 Å². The van der Waals surface area contributed by atoms with Gasteiger partial charge in [0.05, 0.1) is 13.2 Å². The molecule has 160 valence electrons. The third-order valence-corrected chi connectivity index (χ3v) is 5.84. The summed E-state index contributed by atoms with van der Waals surface area (Å²) in [5.41, 5.74) is 7.47. The van der Waals surface area contributed by atoms with Gasteiger partial charge in [0.1, 0.15) is 0 Å². The SMILES string of the molecule is NC(=O)c1ccn(C(=O)N2CCN(Cc3ccc(N4CCOCC4)cc3Cl)CC2)n1. The number of nitrogens with zero attached hydrogens (tertiary/aromatic N) is 5. The lowest BCUT2D eigenvalue weighted by Gasteiger charge is -2.34. The van der Waals surface area contributed by atoms with Crippen molar-refractivity contribution in [2.75, 3.05) is 57.4 Å². The summed E-state index contributed by atoms with van der Waals surface area (Å²) in [6.45, 7) is 6.59. The molecule has 2 aliphatic rings. The van der Waals surface area contributed by atoms with Crippen LogP contribution in [0.4, 0.5) is 10.5 Å². The van der Waals surface area contributed by atoms with Crippen LogP contribution in [0.2, 0.25) is 5.02 Å². The van der Waals surface area contributed by atoms with Gasteiger partial charge in [-0.2, -0.15) is 9.78 Å². The van der Waals surface area contributed by atoms with Crippen LogP contribution in [0.1, 0.15) is 16.1 Å². The van der Waals surface area contributed by atoms with E-state index in [0.29, 0.717) is 13.1 Å². The number of hydrogen-bond acceptors (Lipinski definition) is 6.